The molecule has 0 aliphatic rings. The highest BCUT2D eigenvalue weighted by molar-refractivity contribution is 9.10. The van der Waals surface area contributed by atoms with Crippen LogP contribution in [-0.2, 0) is 0 Å². The molecule has 1 aromatic heterocycles. The van der Waals surface area contributed by atoms with Gasteiger partial charge >= 0.3 is 6.55 Å². The molecule has 0 aliphatic heterocycles. The molecule has 0 spiro atoms. The van der Waals surface area contributed by atoms with Crippen LogP contribution in [0.5, 0.6) is 0 Å². The van der Waals surface area contributed by atoms with E-state index in [4.69, 9.17) is 5.26 Å². The van der Waals surface area contributed by atoms with Gasteiger partial charge in [0.1, 0.15) is 11.6 Å². The Morgan fingerprint density at radius 3 is 2.69 bits per heavy atom. The van der Waals surface area contributed by atoms with Crippen LogP contribution in [0.2, 0.25) is 0 Å². The summed E-state index contributed by atoms with van der Waals surface area (Å²) in [6.07, 6.45) is 0.938. The van der Waals surface area contributed by atoms with Gasteiger partial charge in [-0.2, -0.15) is 14.0 Å². The molecule has 3 nitrogen and oxygen atoms in total. The van der Waals surface area contributed by atoms with Crippen LogP contribution in [0.1, 0.15) is 12.1 Å². The van der Waals surface area contributed by atoms with Crippen LogP contribution in [0, 0.1) is 11.3 Å². The van der Waals surface area contributed by atoms with Crippen LogP contribution in [0.4, 0.5) is 8.78 Å². The van der Waals surface area contributed by atoms with Crippen molar-refractivity contribution in [3.05, 3.63) is 32.7 Å². The van der Waals surface area contributed by atoms with Gasteiger partial charge in [0.15, 0.2) is 0 Å². The number of aromatic nitrogens is 1. The van der Waals surface area contributed by atoms with Gasteiger partial charge in [-0.05, 0) is 22.0 Å². The first-order valence-corrected chi connectivity index (χ1v) is 3.95. The first kappa shape index (κ1) is 9.86. The summed E-state index contributed by atoms with van der Waals surface area (Å²) >= 11 is 2.91. The number of alkyl halides is 2. The fraction of sp³-hybridized carbons (Fsp3) is 0.143. The zero-order valence-electron chi connectivity index (χ0n) is 6.17. The van der Waals surface area contributed by atoms with Crippen molar-refractivity contribution in [3.8, 4) is 6.07 Å². The summed E-state index contributed by atoms with van der Waals surface area (Å²) in [7, 11) is 0. The lowest BCUT2D eigenvalue weighted by atomic mass is 10.3. The lowest BCUT2D eigenvalue weighted by Crippen LogP contribution is -2.22. The van der Waals surface area contributed by atoms with E-state index >= 15 is 0 Å². The SMILES string of the molecule is N#Cc1cc(Br)cn(C(F)F)c1=O. The van der Waals surface area contributed by atoms with E-state index in [0.717, 1.165) is 6.20 Å². The smallest absolute Gasteiger partial charge is 0.268 e. The van der Waals surface area contributed by atoms with Crippen molar-refractivity contribution < 1.29 is 8.78 Å². The van der Waals surface area contributed by atoms with E-state index in [1.165, 1.54) is 12.1 Å². The molecule has 0 atom stereocenters. The third-order valence-electron chi connectivity index (χ3n) is 1.34. The summed E-state index contributed by atoms with van der Waals surface area (Å²) in [4.78, 5) is 11.0. The Morgan fingerprint density at radius 2 is 2.23 bits per heavy atom. The highest BCUT2D eigenvalue weighted by Gasteiger charge is 2.11. The first-order valence-electron chi connectivity index (χ1n) is 3.16. The number of hydrogen-bond acceptors (Lipinski definition) is 2. The topological polar surface area (TPSA) is 45.8 Å². The van der Waals surface area contributed by atoms with Gasteiger partial charge in [0.05, 0.1) is 0 Å². The molecule has 0 saturated carbocycles. The van der Waals surface area contributed by atoms with Crippen LogP contribution >= 0.6 is 15.9 Å². The molecule has 1 aromatic rings. The summed E-state index contributed by atoms with van der Waals surface area (Å²) in [5.74, 6) is 0. The third kappa shape index (κ3) is 1.92. The molecule has 0 aromatic carbocycles. The standard InChI is InChI=1S/C7H3BrF2N2O/c8-5-1-4(2-11)6(13)12(3-5)7(9)10/h1,3,7H. The van der Waals surface area contributed by atoms with Gasteiger partial charge in [0, 0.05) is 10.7 Å². The van der Waals surface area contributed by atoms with Crippen molar-refractivity contribution in [2.24, 2.45) is 0 Å². The minimum Gasteiger partial charge on any atom is -0.268 e. The predicted octanol–water partition coefficient (Wildman–Crippen LogP) is 1.88. The Kier molecular flexibility index (Phi) is 2.78. The largest absolute Gasteiger partial charge is 0.321 e. The quantitative estimate of drug-likeness (QED) is 0.762. The van der Waals surface area contributed by atoms with E-state index in [2.05, 4.69) is 15.9 Å². The minimum atomic E-state index is -2.93. The highest BCUT2D eigenvalue weighted by atomic mass is 79.9. The van der Waals surface area contributed by atoms with Crippen LogP contribution in [0.25, 0.3) is 0 Å². The molecule has 0 saturated heterocycles. The number of hydrogen-bond donors (Lipinski definition) is 0. The summed E-state index contributed by atoms with van der Waals surface area (Å²) in [5.41, 5.74) is -1.30. The molecule has 6 heteroatoms. The fourth-order valence-corrected chi connectivity index (χ4v) is 1.24. The Labute approximate surface area is 80.3 Å². The molecule has 0 N–H and O–H groups in total. The lowest BCUT2D eigenvalue weighted by Gasteiger charge is -2.03. The van der Waals surface area contributed by atoms with E-state index in [-0.39, 0.29) is 14.6 Å². The lowest BCUT2D eigenvalue weighted by molar-refractivity contribution is 0.0660. The molecule has 13 heavy (non-hydrogen) atoms. The van der Waals surface area contributed by atoms with E-state index < -0.39 is 12.1 Å². The zero-order valence-corrected chi connectivity index (χ0v) is 7.75. The monoisotopic (exact) mass is 248 g/mol. The molecule has 0 bridgehead atoms. The van der Waals surface area contributed by atoms with Crippen LogP contribution in [0.3, 0.4) is 0 Å². The fourth-order valence-electron chi connectivity index (χ4n) is 0.793. The maximum absolute atomic E-state index is 12.2. The average molecular weight is 249 g/mol. The molecule has 68 valence electrons. The summed E-state index contributed by atoms with van der Waals surface area (Å²) < 4.78 is 24.8. The summed E-state index contributed by atoms with van der Waals surface area (Å²) in [6.45, 7) is -2.93. The third-order valence-corrected chi connectivity index (χ3v) is 1.77. The van der Waals surface area contributed by atoms with Gasteiger partial charge in [-0.25, -0.2) is 0 Å². The second-order valence-corrected chi connectivity index (χ2v) is 3.09. The molecular weight excluding hydrogens is 246 g/mol. The van der Waals surface area contributed by atoms with Crippen LogP contribution in [-0.4, -0.2) is 4.57 Å². The molecule has 1 heterocycles. The van der Waals surface area contributed by atoms with Crippen LogP contribution in [0.15, 0.2) is 21.5 Å². The Hall–Kier alpha value is -1.22. The molecule has 0 unspecified atom stereocenters. The van der Waals surface area contributed by atoms with Gasteiger partial charge < -0.3 is 0 Å². The van der Waals surface area contributed by atoms with Gasteiger partial charge in [0.25, 0.3) is 5.56 Å². The number of rotatable bonds is 1. The number of pyridine rings is 1. The minimum absolute atomic E-state index is 0.197. The van der Waals surface area contributed by atoms with Crippen molar-refractivity contribution in [3.63, 3.8) is 0 Å². The predicted molar refractivity (Wildman–Crippen MR) is 44.4 cm³/mol. The van der Waals surface area contributed by atoms with Crippen molar-refractivity contribution in [2.45, 2.75) is 6.55 Å². The Morgan fingerprint density at radius 1 is 1.62 bits per heavy atom. The molecule has 0 fully saturated rings. The number of nitriles is 1. The first-order chi connectivity index (χ1) is 6.06. The molecular formula is C7H3BrF2N2O. The Bertz CT molecular complexity index is 421. The summed E-state index contributed by atoms with van der Waals surface area (Å²) in [5, 5.41) is 8.42. The molecule has 1 rings (SSSR count). The molecule has 0 radical (unpaired) electrons. The average Bonchev–Trinajstić information content (AvgIpc) is 2.08. The number of halogens is 3. The van der Waals surface area contributed by atoms with Crippen molar-refractivity contribution in [1.82, 2.24) is 4.57 Å². The maximum Gasteiger partial charge on any atom is 0.321 e. The van der Waals surface area contributed by atoms with Crippen molar-refractivity contribution in [1.29, 1.82) is 5.26 Å². The second-order valence-electron chi connectivity index (χ2n) is 2.17. The van der Waals surface area contributed by atoms with E-state index in [9.17, 15) is 13.6 Å². The van der Waals surface area contributed by atoms with E-state index in [0.29, 0.717) is 0 Å². The summed E-state index contributed by atoms with van der Waals surface area (Å²) in [6, 6.07) is 2.73. The van der Waals surface area contributed by atoms with Crippen LogP contribution < -0.4 is 5.56 Å². The van der Waals surface area contributed by atoms with E-state index in [1.54, 1.807) is 0 Å². The maximum atomic E-state index is 12.2. The number of nitrogens with zero attached hydrogens (tertiary/aromatic N) is 2. The van der Waals surface area contributed by atoms with Crippen molar-refractivity contribution >= 4 is 15.9 Å². The highest BCUT2D eigenvalue weighted by Crippen LogP contribution is 2.13. The van der Waals surface area contributed by atoms with E-state index in [1.807, 2.05) is 0 Å². The second kappa shape index (κ2) is 3.66. The van der Waals surface area contributed by atoms with Gasteiger partial charge in [-0.3, -0.25) is 9.36 Å². The van der Waals surface area contributed by atoms with Gasteiger partial charge in [0.2, 0.25) is 0 Å². The Balaban J connectivity index is 3.47. The molecule has 0 amide bonds. The normalized spacial score (nSPS) is 10.1. The van der Waals surface area contributed by atoms with Gasteiger partial charge in [-0.15, -0.1) is 0 Å². The molecule has 0 aliphatic carbocycles. The van der Waals surface area contributed by atoms with Gasteiger partial charge in [-0.1, -0.05) is 0 Å². The zero-order chi connectivity index (χ0) is 10.0. The van der Waals surface area contributed by atoms with Crippen molar-refractivity contribution in [2.75, 3.05) is 0 Å².